The van der Waals surface area contributed by atoms with E-state index in [9.17, 15) is 14.4 Å². The van der Waals surface area contributed by atoms with E-state index < -0.39 is 5.91 Å². The molecule has 1 aromatic heterocycles. The van der Waals surface area contributed by atoms with Crippen LogP contribution in [0, 0.1) is 5.92 Å². The van der Waals surface area contributed by atoms with Gasteiger partial charge < -0.3 is 20.3 Å². The minimum atomic E-state index is -0.453. The van der Waals surface area contributed by atoms with Crippen molar-refractivity contribution in [3.8, 4) is 0 Å². The molecule has 1 aromatic carbocycles. The maximum atomic E-state index is 12.8. The van der Waals surface area contributed by atoms with E-state index in [4.69, 9.17) is 16.3 Å². The van der Waals surface area contributed by atoms with Crippen molar-refractivity contribution in [2.45, 2.75) is 31.8 Å². The summed E-state index contributed by atoms with van der Waals surface area (Å²) in [6, 6.07) is 6.75. The Kier molecular flexibility index (Phi) is 7.33. The molecule has 0 spiro atoms. The van der Waals surface area contributed by atoms with Crippen LogP contribution in [-0.4, -0.2) is 65.2 Å². The van der Waals surface area contributed by atoms with Gasteiger partial charge >= 0.3 is 0 Å². The van der Waals surface area contributed by atoms with Gasteiger partial charge in [-0.15, -0.1) is 10.2 Å². The Morgan fingerprint density at radius 3 is 2.66 bits per heavy atom. The van der Waals surface area contributed by atoms with Crippen molar-refractivity contribution in [3.05, 3.63) is 39.3 Å². The molecule has 2 aliphatic rings. The van der Waals surface area contributed by atoms with Gasteiger partial charge in [-0.3, -0.25) is 14.4 Å². The fourth-order valence-corrected chi connectivity index (χ4v) is 4.69. The van der Waals surface area contributed by atoms with Gasteiger partial charge in [0.2, 0.25) is 15.9 Å². The van der Waals surface area contributed by atoms with Crippen LogP contribution in [0.4, 0.5) is 5.69 Å². The molecule has 0 saturated carbocycles. The summed E-state index contributed by atoms with van der Waals surface area (Å²) in [7, 11) is 0. The maximum Gasteiger partial charge on any atom is 0.286 e. The number of nitrogens with one attached hydrogen (secondary N) is 2. The molecule has 2 aliphatic heterocycles. The van der Waals surface area contributed by atoms with E-state index in [1.807, 2.05) is 0 Å². The average molecular weight is 478 g/mol. The lowest BCUT2D eigenvalue weighted by molar-refractivity contribution is -0.126. The van der Waals surface area contributed by atoms with Crippen LogP contribution in [0.5, 0.6) is 0 Å². The molecule has 0 unspecified atom stereocenters. The number of amides is 3. The molecule has 2 N–H and O–H groups in total. The van der Waals surface area contributed by atoms with Gasteiger partial charge in [-0.05, 0) is 43.9 Å². The number of anilines is 1. The number of nitrogens with zero attached hydrogens (tertiary/aromatic N) is 3. The molecule has 170 valence electrons. The summed E-state index contributed by atoms with van der Waals surface area (Å²) in [6.07, 6.45) is 3.31. The number of ether oxygens (including phenoxy) is 1. The third-order valence-corrected chi connectivity index (χ3v) is 6.71. The van der Waals surface area contributed by atoms with Gasteiger partial charge in [-0.1, -0.05) is 29.0 Å². The van der Waals surface area contributed by atoms with Crippen LogP contribution in [0.1, 0.15) is 45.3 Å². The molecular weight excluding hydrogens is 454 g/mol. The van der Waals surface area contributed by atoms with Gasteiger partial charge in [-0.25, -0.2) is 0 Å². The summed E-state index contributed by atoms with van der Waals surface area (Å²) in [5.74, 6) is -0.828. The van der Waals surface area contributed by atoms with Gasteiger partial charge in [0.25, 0.3) is 11.8 Å². The lowest BCUT2D eigenvalue weighted by Gasteiger charge is -2.30. The fourth-order valence-electron chi connectivity index (χ4n) is 3.80. The highest BCUT2D eigenvalue weighted by atomic mass is 35.5. The molecule has 0 bridgehead atoms. The maximum absolute atomic E-state index is 12.8. The zero-order valence-corrected chi connectivity index (χ0v) is 19.0. The molecule has 11 heteroatoms. The largest absolute Gasteiger partial charge is 0.376 e. The number of piperidine rings is 1. The number of carbonyl (C=O) groups is 3. The first kappa shape index (κ1) is 22.6. The zero-order valence-electron chi connectivity index (χ0n) is 17.4. The summed E-state index contributed by atoms with van der Waals surface area (Å²) in [5.41, 5.74) is 0.533. The second-order valence-electron chi connectivity index (χ2n) is 7.82. The van der Waals surface area contributed by atoms with Crippen molar-refractivity contribution in [1.82, 2.24) is 20.4 Å². The molecule has 32 heavy (non-hydrogen) atoms. The first-order chi connectivity index (χ1) is 15.5. The quantitative estimate of drug-likeness (QED) is 0.661. The van der Waals surface area contributed by atoms with Gasteiger partial charge in [0.05, 0.1) is 6.10 Å². The minimum absolute atomic E-state index is 0.0171. The highest BCUT2D eigenvalue weighted by molar-refractivity contribution is 7.15. The molecular formula is C21H24ClN5O4S. The number of halogens is 1. The van der Waals surface area contributed by atoms with Crippen molar-refractivity contribution >= 4 is 46.3 Å². The standard InChI is InChI=1S/C21H24ClN5O4S/c22-14-3-1-4-15(11-14)24-18(29)19-25-26-20(32-19)21(30)27-8-6-13(7-9-27)17(28)23-12-16-5-2-10-31-16/h1,3-4,11,13,16H,2,5-10,12H2,(H,23,28)(H,24,29)/t16-/m1/s1. The van der Waals surface area contributed by atoms with E-state index in [0.29, 0.717) is 43.2 Å². The highest BCUT2D eigenvalue weighted by Crippen LogP contribution is 2.22. The molecule has 9 nitrogen and oxygen atoms in total. The molecule has 3 amide bonds. The van der Waals surface area contributed by atoms with Crippen LogP contribution in [0.3, 0.4) is 0 Å². The number of hydrogen-bond donors (Lipinski definition) is 2. The minimum Gasteiger partial charge on any atom is -0.376 e. The first-order valence-corrected chi connectivity index (χ1v) is 11.8. The second kappa shape index (κ2) is 10.4. The highest BCUT2D eigenvalue weighted by Gasteiger charge is 2.30. The topological polar surface area (TPSA) is 114 Å². The molecule has 4 rings (SSSR count). The molecule has 0 aliphatic carbocycles. The monoisotopic (exact) mass is 477 g/mol. The number of rotatable bonds is 6. The van der Waals surface area contributed by atoms with Gasteiger partial charge in [0.1, 0.15) is 0 Å². The van der Waals surface area contributed by atoms with E-state index in [2.05, 4.69) is 20.8 Å². The number of likely N-dealkylation sites (tertiary alicyclic amines) is 1. The molecule has 3 heterocycles. The number of hydrogen-bond acceptors (Lipinski definition) is 7. The van der Waals surface area contributed by atoms with E-state index in [0.717, 1.165) is 30.8 Å². The lowest BCUT2D eigenvalue weighted by Crippen LogP contribution is -2.44. The second-order valence-corrected chi connectivity index (χ2v) is 9.24. The Morgan fingerprint density at radius 1 is 1.16 bits per heavy atom. The third kappa shape index (κ3) is 5.62. The normalized spacial score (nSPS) is 19.0. The first-order valence-electron chi connectivity index (χ1n) is 10.6. The number of benzene rings is 1. The van der Waals surface area contributed by atoms with Crippen LogP contribution < -0.4 is 10.6 Å². The van der Waals surface area contributed by atoms with Crippen LogP contribution in [0.15, 0.2) is 24.3 Å². The van der Waals surface area contributed by atoms with E-state index >= 15 is 0 Å². The van der Waals surface area contributed by atoms with Gasteiger partial charge in [0, 0.05) is 42.9 Å². The Hall–Kier alpha value is -2.56. The van der Waals surface area contributed by atoms with E-state index in [-0.39, 0.29) is 33.9 Å². The van der Waals surface area contributed by atoms with Crippen molar-refractivity contribution in [2.75, 3.05) is 31.6 Å². The summed E-state index contributed by atoms with van der Waals surface area (Å²) in [4.78, 5) is 39.2. The predicted molar refractivity (Wildman–Crippen MR) is 120 cm³/mol. The molecule has 2 saturated heterocycles. The van der Waals surface area contributed by atoms with Crippen LogP contribution >= 0.6 is 22.9 Å². The summed E-state index contributed by atoms with van der Waals surface area (Å²) >= 11 is 6.87. The van der Waals surface area contributed by atoms with Crippen molar-refractivity contribution in [1.29, 1.82) is 0 Å². The predicted octanol–water partition coefficient (Wildman–Crippen LogP) is 2.59. The Bertz CT molecular complexity index is 986. The average Bonchev–Trinajstić information content (AvgIpc) is 3.49. The molecule has 2 aromatic rings. The Labute approximate surface area is 194 Å². The van der Waals surface area contributed by atoms with Crippen LogP contribution in [0.25, 0.3) is 0 Å². The van der Waals surface area contributed by atoms with Crippen molar-refractivity contribution in [3.63, 3.8) is 0 Å². The SMILES string of the molecule is O=C(Nc1cccc(Cl)c1)c1nnc(C(=O)N2CCC(C(=O)NC[C@H]3CCCO3)CC2)s1. The van der Waals surface area contributed by atoms with E-state index in [1.165, 1.54) is 0 Å². The lowest BCUT2D eigenvalue weighted by atomic mass is 9.96. The smallest absolute Gasteiger partial charge is 0.286 e. The summed E-state index contributed by atoms with van der Waals surface area (Å²) < 4.78 is 5.53. The summed E-state index contributed by atoms with van der Waals surface area (Å²) in [5, 5.41) is 14.2. The van der Waals surface area contributed by atoms with E-state index in [1.54, 1.807) is 29.2 Å². The van der Waals surface area contributed by atoms with Crippen molar-refractivity contribution < 1.29 is 19.1 Å². The van der Waals surface area contributed by atoms with Crippen LogP contribution in [0.2, 0.25) is 5.02 Å². The fraction of sp³-hybridized carbons (Fsp3) is 0.476. The zero-order chi connectivity index (χ0) is 22.5. The molecule has 1 atom stereocenters. The van der Waals surface area contributed by atoms with Crippen LogP contribution in [-0.2, 0) is 9.53 Å². The summed E-state index contributed by atoms with van der Waals surface area (Å²) in [6.45, 7) is 2.22. The Morgan fingerprint density at radius 2 is 1.94 bits per heavy atom. The molecule has 0 radical (unpaired) electrons. The number of carbonyl (C=O) groups excluding carboxylic acids is 3. The number of aromatic nitrogens is 2. The van der Waals surface area contributed by atoms with Gasteiger partial charge in [0.15, 0.2) is 0 Å². The third-order valence-electron chi connectivity index (χ3n) is 5.57. The van der Waals surface area contributed by atoms with Gasteiger partial charge in [-0.2, -0.15) is 0 Å². The Balaban J connectivity index is 1.26. The van der Waals surface area contributed by atoms with Crippen molar-refractivity contribution in [2.24, 2.45) is 5.92 Å². The molecule has 2 fully saturated rings.